The molecule has 0 spiro atoms. The summed E-state index contributed by atoms with van der Waals surface area (Å²) in [6.07, 6.45) is 0.331. The van der Waals surface area contributed by atoms with Crippen LogP contribution in [0.15, 0.2) is 18.2 Å². The fourth-order valence-electron chi connectivity index (χ4n) is 4.25. The highest BCUT2D eigenvalue weighted by Crippen LogP contribution is 2.19. The van der Waals surface area contributed by atoms with E-state index in [0.717, 1.165) is 43.0 Å². The summed E-state index contributed by atoms with van der Waals surface area (Å²) in [5.41, 5.74) is 3.04. The minimum Gasteiger partial charge on any atom is -0.373 e. The first-order valence-electron chi connectivity index (χ1n) is 10.6. The van der Waals surface area contributed by atoms with E-state index in [1.807, 2.05) is 36.9 Å². The van der Waals surface area contributed by atoms with E-state index < -0.39 is 0 Å². The van der Waals surface area contributed by atoms with Crippen molar-refractivity contribution in [1.29, 1.82) is 0 Å². The number of aryl methyl sites for hydroxylation is 2. The molecule has 0 aromatic heterocycles. The number of para-hydroxylation sites is 1. The van der Waals surface area contributed by atoms with Crippen LogP contribution in [0.2, 0.25) is 0 Å². The van der Waals surface area contributed by atoms with Crippen molar-refractivity contribution in [2.75, 3.05) is 57.7 Å². The Labute approximate surface area is 174 Å². The second kappa shape index (κ2) is 9.69. The molecule has 1 aromatic rings. The van der Waals surface area contributed by atoms with E-state index in [4.69, 9.17) is 4.74 Å². The standard InChI is InChI=1S/C22H34N4O3/c1-16-6-5-7-17(2)22(16)23-20(27)14-24-8-10-26(11-9-24)21(28)15-25-12-18(3)29-19(4)13-25/h5-7,18-19H,8-15H2,1-4H3,(H,23,27)/t18-,19-/m1/s1. The van der Waals surface area contributed by atoms with Crippen molar-refractivity contribution in [3.63, 3.8) is 0 Å². The van der Waals surface area contributed by atoms with Crippen LogP contribution in [-0.4, -0.2) is 91.1 Å². The second-order valence-electron chi connectivity index (χ2n) is 8.42. The van der Waals surface area contributed by atoms with Crippen LogP contribution in [0.25, 0.3) is 0 Å². The third-order valence-corrected chi connectivity index (χ3v) is 5.69. The van der Waals surface area contributed by atoms with Gasteiger partial charge in [-0.05, 0) is 38.8 Å². The van der Waals surface area contributed by atoms with Gasteiger partial charge < -0.3 is 15.0 Å². The zero-order chi connectivity index (χ0) is 21.0. The van der Waals surface area contributed by atoms with E-state index >= 15 is 0 Å². The number of morpholine rings is 1. The molecule has 2 heterocycles. The van der Waals surface area contributed by atoms with E-state index in [9.17, 15) is 9.59 Å². The number of carbonyl (C=O) groups is 2. The van der Waals surface area contributed by atoms with Crippen LogP contribution in [0.1, 0.15) is 25.0 Å². The average Bonchev–Trinajstić information content (AvgIpc) is 2.64. The number of anilines is 1. The maximum absolute atomic E-state index is 12.7. The largest absolute Gasteiger partial charge is 0.373 e. The first-order valence-corrected chi connectivity index (χ1v) is 10.6. The van der Waals surface area contributed by atoms with Gasteiger partial charge in [-0.25, -0.2) is 0 Å². The fourth-order valence-corrected chi connectivity index (χ4v) is 4.25. The molecule has 2 aliphatic heterocycles. The molecule has 2 aliphatic rings. The van der Waals surface area contributed by atoms with E-state index in [1.165, 1.54) is 0 Å². The molecule has 0 saturated carbocycles. The van der Waals surface area contributed by atoms with Crippen LogP contribution in [0, 0.1) is 13.8 Å². The number of rotatable bonds is 5. The molecule has 0 radical (unpaired) electrons. The van der Waals surface area contributed by atoms with Gasteiger partial charge in [-0.15, -0.1) is 0 Å². The number of nitrogens with zero attached hydrogens (tertiary/aromatic N) is 3. The first kappa shape index (κ1) is 21.7. The van der Waals surface area contributed by atoms with Gasteiger partial charge in [-0.1, -0.05) is 18.2 Å². The summed E-state index contributed by atoms with van der Waals surface area (Å²) < 4.78 is 5.74. The summed E-state index contributed by atoms with van der Waals surface area (Å²) >= 11 is 0. The van der Waals surface area contributed by atoms with E-state index in [1.54, 1.807) is 0 Å². The second-order valence-corrected chi connectivity index (χ2v) is 8.42. The maximum atomic E-state index is 12.7. The lowest BCUT2D eigenvalue weighted by atomic mass is 10.1. The number of nitrogens with one attached hydrogen (secondary N) is 1. The van der Waals surface area contributed by atoms with E-state index in [2.05, 4.69) is 29.0 Å². The molecular formula is C22H34N4O3. The Kier molecular flexibility index (Phi) is 7.27. The van der Waals surface area contributed by atoms with Gasteiger partial charge in [-0.3, -0.25) is 19.4 Å². The number of ether oxygens (including phenoxy) is 1. The summed E-state index contributed by atoms with van der Waals surface area (Å²) in [6, 6.07) is 6.00. The molecule has 2 fully saturated rings. The number of hydrogen-bond acceptors (Lipinski definition) is 5. The minimum absolute atomic E-state index is 0.00142. The quantitative estimate of drug-likeness (QED) is 0.809. The predicted molar refractivity (Wildman–Crippen MR) is 114 cm³/mol. The molecule has 0 aliphatic carbocycles. The first-order chi connectivity index (χ1) is 13.8. The third-order valence-electron chi connectivity index (χ3n) is 5.69. The van der Waals surface area contributed by atoms with Crippen molar-refractivity contribution in [2.24, 2.45) is 0 Å². The van der Waals surface area contributed by atoms with Crippen LogP contribution >= 0.6 is 0 Å². The Balaban J connectivity index is 1.43. The lowest BCUT2D eigenvalue weighted by molar-refractivity contribution is -0.137. The molecule has 2 atom stereocenters. The molecule has 2 amide bonds. The monoisotopic (exact) mass is 402 g/mol. The number of benzene rings is 1. The van der Waals surface area contributed by atoms with Crippen molar-refractivity contribution >= 4 is 17.5 Å². The Morgan fingerprint density at radius 2 is 1.55 bits per heavy atom. The zero-order valence-corrected chi connectivity index (χ0v) is 18.1. The Morgan fingerprint density at radius 3 is 2.14 bits per heavy atom. The highest BCUT2D eigenvalue weighted by Gasteiger charge is 2.27. The molecular weight excluding hydrogens is 368 g/mol. The molecule has 29 heavy (non-hydrogen) atoms. The van der Waals surface area contributed by atoms with Crippen LogP contribution in [0.4, 0.5) is 5.69 Å². The average molecular weight is 403 g/mol. The fraction of sp³-hybridized carbons (Fsp3) is 0.636. The van der Waals surface area contributed by atoms with Gasteiger partial charge in [0.2, 0.25) is 11.8 Å². The van der Waals surface area contributed by atoms with Gasteiger partial charge in [0.15, 0.2) is 0 Å². The molecule has 3 rings (SSSR count). The van der Waals surface area contributed by atoms with Crippen molar-refractivity contribution < 1.29 is 14.3 Å². The van der Waals surface area contributed by atoms with Gasteiger partial charge >= 0.3 is 0 Å². The van der Waals surface area contributed by atoms with Gasteiger partial charge in [0.25, 0.3) is 0 Å². The predicted octanol–water partition coefficient (Wildman–Crippen LogP) is 1.50. The molecule has 2 saturated heterocycles. The third kappa shape index (κ3) is 6.01. The topological polar surface area (TPSA) is 65.1 Å². The molecule has 0 bridgehead atoms. The summed E-state index contributed by atoms with van der Waals surface area (Å²) in [4.78, 5) is 31.4. The van der Waals surface area contributed by atoms with E-state index in [-0.39, 0.29) is 24.0 Å². The highest BCUT2D eigenvalue weighted by atomic mass is 16.5. The molecule has 1 aromatic carbocycles. The van der Waals surface area contributed by atoms with Gasteiger partial charge in [0.1, 0.15) is 0 Å². The van der Waals surface area contributed by atoms with E-state index in [0.29, 0.717) is 26.2 Å². The number of piperazine rings is 1. The van der Waals surface area contributed by atoms with Crippen LogP contribution in [-0.2, 0) is 14.3 Å². The van der Waals surface area contributed by atoms with Gasteiger partial charge in [-0.2, -0.15) is 0 Å². The summed E-state index contributed by atoms with van der Waals surface area (Å²) in [7, 11) is 0. The van der Waals surface area contributed by atoms with Gasteiger partial charge in [0.05, 0.1) is 25.3 Å². The zero-order valence-electron chi connectivity index (χ0n) is 18.1. The normalized spacial score (nSPS) is 23.8. The summed E-state index contributed by atoms with van der Waals surface area (Å²) in [6.45, 7) is 13.3. The number of amides is 2. The van der Waals surface area contributed by atoms with Crippen molar-refractivity contribution in [3.05, 3.63) is 29.3 Å². The number of carbonyl (C=O) groups excluding carboxylic acids is 2. The van der Waals surface area contributed by atoms with Crippen LogP contribution in [0.5, 0.6) is 0 Å². The Morgan fingerprint density at radius 1 is 0.966 bits per heavy atom. The SMILES string of the molecule is Cc1cccc(C)c1NC(=O)CN1CCN(C(=O)CN2C[C@@H](C)O[C@H](C)C2)CC1. The lowest BCUT2D eigenvalue weighted by Gasteiger charge is -2.38. The lowest BCUT2D eigenvalue weighted by Crippen LogP contribution is -2.54. The highest BCUT2D eigenvalue weighted by molar-refractivity contribution is 5.93. The molecule has 1 N–H and O–H groups in total. The molecule has 7 heteroatoms. The molecule has 160 valence electrons. The Bertz CT molecular complexity index is 701. The van der Waals surface area contributed by atoms with Crippen molar-refractivity contribution in [1.82, 2.24) is 14.7 Å². The van der Waals surface area contributed by atoms with Gasteiger partial charge in [0, 0.05) is 45.0 Å². The molecule has 0 unspecified atom stereocenters. The van der Waals surface area contributed by atoms with Crippen LogP contribution < -0.4 is 5.32 Å². The summed E-state index contributed by atoms with van der Waals surface area (Å²) in [5.74, 6) is 0.171. The van der Waals surface area contributed by atoms with Crippen molar-refractivity contribution in [2.45, 2.75) is 39.9 Å². The maximum Gasteiger partial charge on any atom is 0.238 e. The minimum atomic E-state index is -0.00142. The van der Waals surface area contributed by atoms with Crippen LogP contribution in [0.3, 0.4) is 0 Å². The summed E-state index contributed by atoms with van der Waals surface area (Å²) in [5, 5.41) is 3.04. The number of hydrogen-bond donors (Lipinski definition) is 1. The smallest absolute Gasteiger partial charge is 0.238 e. The molecule has 7 nitrogen and oxygen atoms in total. The Hall–Kier alpha value is -1.96. The van der Waals surface area contributed by atoms with Crippen molar-refractivity contribution in [3.8, 4) is 0 Å².